The van der Waals surface area contributed by atoms with Crippen LogP contribution in [0.15, 0.2) is 40.8 Å². The average Bonchev–Trinajstić information content (AvgIpc) is 2.58. The smallest absolute Gasteiger partial charge is 0.106 e. The summed E-state index contributed by atoms with van der Waals surface area (Å²) in [5, 5.41) is 0. The maximum atomic E-state index is 6.17. The third-order valence-corrected chi connectivity index (χ3v) is 2.57. The fraction of sp³-hybridized carbons (Fsp3) is 0.231. The predicted octanol–water partition coefficient (Wildman–Crippen LogP) is 2.94. The molecule has 0 aliphatic rings. The van der Waals surface area contributed by atoms with Crippen molar-refractivity contribution in [2.75, 3.05) is 0 Å². The molecule has 0 amide bonds. The van der Waals surface area contributed by atoms with Crippen LogP contribution < -0.4 is 5.73 Å². The predicted molar refractivity (Wildman–Crippen MR) is 60.7 cm³/mol. The molecule has 1 atom stereocenters. The molecule has 1 aromatic carbocycles. The molecule has 2 aromatic rings. The van der Waals surface area contributed by atoms with Crippen molar-refractivity contribution in [3.8, 4) is 0 Å². The van der Waals surface area contributed by atoms with Gasteiger partial charge in [0.1, 0.15) is 11.5 Å². The minimum atomic E-state index is -0.0938. The summed E-state index contributed by atoms with van der Waals surface area (Å²) in [6, 6.07) is 12.0. The monoisotopic (exact) mass is 201 g/mol. The minimum absolute atomic E-state index is 0.0938. The van der Waals surface area contributed by atoms with Crippen LogP contribution in [0.5, 0.6) is 0 Å². The molecule has 15 heavy (non-hydrogen) atoms. The molecule has 0 saturated carbocycles. The molecular formula is C13H15NO. The van der Waals surface area contributed by atoms with Gasteiger partial charge in [-0.05, 0) is 25.5 Å². The topological polar surface area (TPSA) is 39.2 Å². The van der Waals surface area contributed by atoms with Crippen LogP contribution in [0.2, 0.25) is 0 Å². The van der Waals surface area contributed by atoms with Crippen LogP contribution in [0, 0.1) is 13.8 Å². The van der Waals surface area contributed by atoms with Gasteiger partial charge in [-0.1, -0.05) is 30.3 Å². The number of nitrogens with two attached hydrogens (primary N) is 1. The number of hydrogen-bond donors (Lipinski definition) is 1. The van der Waals surface area contributed by atoms with E-state index in [4.69, 9.17) is 10.2 Å². The molecule has 0 fully saturated rings. The molecule has 2 nitrogen and oxygen atoms in total. The Labute approximate surface area is 89.7 Å². The van der Waals surface area contributed by atoms with Gasteiger partial charge >= 0.3 is 0 Å². The maximum absolute atomic E-state index is 6.17. The van der Waals surface area contributed by atoms with Crippen LogP contribution >= 0.6 is 0 Å². The molecule has 1 aromatic heterocycles. The van der Waals surface area contributed by atoms with Crippen molar-refractivity contribution < 1.29 is 4.42 Å². The van der Waals surface area contributed by atoms with E-state index in [1.165, 1.54) is 0 Å². The van der Waals surface area contributed by atoms with E-state index < -0.39 is 0 Å². The van der Waals surface area contributed by atoms with Crippen molar-refractivity contribution >= 4 is 0 Å². The van der Waals surface area contributed by atoms with Crippen LogP contribution in [-0.2, 0) is 0 Å². The van der Waals surface area contributed by atoms with Crippen LogP contribution in [0.4, 0.5) is 0 Å². The van der Waals surface area contributed by atoms with E-state index in [0.717, 1.165) is 22.6 Å². The largest absolute Gasteiger partial charge is 0.466 e. The zero-order valence-corrected chi connectivity index (χ0v) is 9.03. The van der Waals surface area contributed by atoms with Crippen molar-refractivity contribution in [3.63, 3.8) is 0 Å². The zero-order valence-electron chi connectivity index (χ0n) is 9.03. The van der Waals surface area contributed by atoms with Gasteiger partial charge in [0.05, 0.1) is 6.04 Å². The fourth-order valence-electron chi connectivity index (χ4n) is 1.80. The Hall–Kier alpha value is -1.54. The molecule has 2 rings (SSSR count). The summed E-state index contributed by atoms with van der Waals surface area (Å²) in [6.45, 7) is 3.89. The van der Waals surface area contributed by atoms with Gasteiger partial charge in [0.2, 0.25) is 0 Å². The van der Waals surface area contributed by atoms with E-state index in [1.807, 2.05) is 50.2 Å². The normalized spacial score (nSPS) is 12.7. The van der Waals surface area contributed by atoms with Gasteiger partial charge < -0.3 is 10.2 Å². The fourth-order valence-corrected chi connectivity index (χ4v) is 1.80. The van der Waals surface area contributed by atoms with Crippen LogP contribution in [0.25, 0.3) is 0 Å². The lowest BCUT2D eigenvalue weighted by Crippen LogP contribution is -2.11. The third kappa shape index (κ3) is 1.95. The Bertz CT molecular complexity index is 445. The highest BCUT2D eigenvalue weighted by Crippen LogP contribution is 2.24. The van der Waals surface area contributed by atoms with E-state index in [1.54, 1.807) is 0 Å². The summed E-state index contributed by atoms with van der Waals surface area (Å²) in [5.41, 5.74) is 8.35. The average molecular weight is 201 g/mol. The summed E-state index contributed by atoms with van der Waals surface area (Å²) < 4.78 is 5.48. The van der Waals surface area contributed by atoms with Crippen molar-refractivity contribution in [2.45, 2.75) is 19.9 Å². The SMILES string of the molecule is Cc1cc(C(N)c2ccccc2)c(C)o1. The number of hydrogen-bond acceptors (Lipinski definition) is 2. The lowest BCUT2D eigenvalue weighted by Gasteiger charge is -2.10. The lowest BCUT2D eigenvalue weighted by atomic mass is 10.0. The molecule has 0 aliphatic heterocycles. The molecule has 0 spiro atoms. The highest BCUT2D eigenvalue weighted by molar-refractivity contribution is 5.33. The first-order chi connectivity index (χ1) is 7.18. The second-order valence-electron chi connectivity index (χ2n) is 3.76. The summed E-state index contributed by atoms with van der Waals surface area (Å²) in [4.78, 5) is 0. The van der Waals surface area contributed by atoms with Gasteiger partial charge in [0, 0.05) is 5.56 Å². The first-order valence-electron chi connectivity index (χ1n) is 5.06. The Kier molecular flexibility index (Phi) is 2.60. The van der Waals surface area contributed by atoms with Gasteiger partial charge in [-0.25, -0.2) is 0 Å². The van der Waals surface area contributed by atoms with Gasteiger partial charge in [-0.3, -0.25) is 0 Å². The third-order valence-electron chi connectivity index (χ3n) is 2.57. The maximum Gasteiger partial charge on any atom is 0.106 e. The van der Waals surface area contributed by atoms with Gasteiger partial charge in [0.15, 0.2) is 0 Å². The molecule has 1 heterocycles. The Morgan fingerprint density at radius 2 is 1.80 bits per heavy atom. The Morgan fingerprint density at radius 1 is 1.13 bits per heavy atom. The molecule has 78 valence electrons. The standard InChI is InChI=1S/C13H15NO/c1-9-8-12(10(2)15-9)13(14)11-6-4-3-5-7-11/h3-8,13H,14H2,1-2H3. The summed E-state index contributed by atoms with van der Waals surface area (Å²) in [5.74, 6) is 1.82. The van der Waals surface area contributed by atoms with Crippen molar-refractivity contribution in [2.24, 2.45) is 5.73 Å². The molecule has 0 bridgehead atoms. The number of rotatable bonds is 2. The summed E-state index contributed by atoms with van der Waals surface area (Å²) in [7, 11) is 0. The van der Waals surface area contributed by atoms with Crippen LogP contribution in [-0.4, -0.2) is 0 Å². The number of furan rings is 1. The first-order valence-corrected chi connectivity index (χ1v) is 5.06. The first kappa shape index (κ1) is 9.99. The molecule has 2 N–H and O–H groups in total. The molecule has 0 radical (unpaired) electrons. The van der Waals surface area contributed by atoms with E-state index in [2.05, 4.69) is 0 Å². The second-order valence-corrected chi connectivity index (χ2v) is 3.76. The van der Waals surface area contributed by atoms with Gasteiger partial charge in [0.25, 0.3) is 0 Å². The van der Waals surface area contributed by atoms with Gasteiger partial charge in [-0.2, -0.15) is 0 Å². The lowest BCUT2D eigenvalue weighted by molar-refractivity contribution is 0.499. The van der Waals surface area contributed by atoms with Crippen molar-refractivity contribution in [3.05, 3.63) is 59.0 Å². The number of aryl methyl sites for hydroxylation is 2. The Balaban J connectivity index is 2.36. The minimum Gasteiger partial charge on any atom is -0.466 e. The second kappa shape index (κ2) is 3.91. The molecule has 2 heteroatoms. The number of benzene rings is 1. The molecule has 0 saturated heterocycles. The summed E-state index contributed by atoms with van der Waals surface area (Å²) in [6.07, 6.45) is 0. The Morgan fingerprint density at radius 3 is 2.33 bits per heavy atom. The van der Waals surface area contributed by atoms with Crippen molar-refractivity contribution in [1.29, 1.82) is 0 Å². The van der Waals surface area contributed by atoms with Crippen LogP contribution in [0.1, 0.15) is 28.7 Å². The summed E-state index contributed by atoms with van der Waals surface area (Å²) >= 11 is 0. The van der Waals surface area contributed by atoms with E-state index in [-0.39, 0.29) is 6.04 Å². The van der Waals surface area contributed by atoms with E-state index in [9.17, 15) is 0 Å². The van der Waals surface area contributed by atoms with E-state index >= 15 is 0 Å². The van der Waals surface area contributed by atoms with Crippen LogP contribution in [0.3, 0.4) is 0 Å². The zero-order chi connectivity index (χ0) is 10.8. The highest BCUT2D eigenvalue weighted by Gasteiger charge is 2.14. The van der Waals surface area contributed by atoms with Crippen molar-refractivity contribution in [1.82, 2.24) is 0 Å². The molecule has 0 aliphatic carbocycles. The molecule has 1 unspecified atom stereocenters. The van der Waals surface area contributed by atoms with Gasteiger partial charge in [-0.15, -0.1) is 0 Å². The molecular weight excluding hydrogens is 186 g/mol. The quantitative estimate of drug-likeness (QED) is 0.811. The van der Waals surface area contributed by atoms with E-state index in [0.29, 0.717) is 0 Å². The highest BCUT2D eigenvalue weighted by atomic mass is 16.3.